The molecule has 1 aliphatic heterocycles. The summed E-state index contributed by atoms with van der Waals surface area (Å²) in [6, 6.07) is 11.8. The van der Waals surface area contributed by atoms with Crippen molar-refractivity contribution in [2.24, 2.45) is 11.8 Å². The zero-order chi connectivity index (χ0) is 24.0. The van der Waals surface area contributed by atoms with E-state index in [2.05, 4.69) is 10.6 Å². The lowest BCUT2D eigenvalue weighted by atomic mass is 9.88. The van der Waals surface area contributed by atoms with Gasteiger partial charge in [0.05, 0.1) is 16.1 Å². The van der Waals surface area contributed by atoms with Crippen LogP contribution in [-0.2, 0) is 4.79 Å². The molecule has 2 aromatic carbocycles. The van der Waals surface area contributed by atoms with Crippen LogP contribution in [0, 0.1) is 17.7 Å². The highest BCUT2D eigenvalue weighted by atomic mass is 35.5. The molecule has 1 atom stereocenters. The first-order valence-corrected chi connectivity index (χ1v) is 11.5. The number of rotatable bonds is 7. The molecule has 3 rings (SSSR count). The maximum absolute atomic E-state index is 14.0. The van der Waals surface area contributed by atoms with Crippen LogP contribution in [0.25, 0.3) is 0 Å². The number of nitrogens with zero attached hydrogens (tertiary/aromatic N) is 1. The monoisotopic (exact) mass is 473 g/mol. The quantitative estimate of drug-likeness (QED) is 0.640. The molecule has 0 saturated carbocycles. The zero-order valence-corrected chi connectivity index (χ0v) is 19.6. The Balaban J connectivity index is 1.71. The molecule has 2 N–H and O–H groups in total. The van der Waals surface area contributed by atoms with Crippen molar-refractivity contribution in [3.63, 3.8) is 0 Å². The first-order chi connectivity index (χ1) is 15.8. The molecule has 176 valence electrons. The van der Waals surface area contributed by atoms with Gasteiger partial charge in [0.2, 0.25) is 5.91 Å². The predicted octanol–water partition coefficient (Wildman–Crippen LogP) is 3.90. The number of likely N-dealkylation sites (tertiary alicyclic amines) is 1. The van der Waals surface area contributed by atoms with Crippen LogP contribution < -0.4 is 10.6 Å². The van der Waals surface area contributed by atoms with Crippen LogP contribution in [0.2, 0.25) is 5.02 Å². The van der Waals surface area contributed by atoms with Gasteiger partial charge in [-0.2, -0.15) is 0 Å². The predicted molar refractivity (Wildman–Crippen MR) is 126 cm³/mol. The molecule has 1 fully saturated rings. The maximum Gasteiger partial charge on any atom is 0.256 e. The summed E-state index contributed by atoms with van der Waals surface area (Å²) < 4.78 is 14.0. The molecule has 0 bridgehead atoms. The molecule has 33 heavy (non-hydrogen) atoms. The van der Waals surface area contributed by atoms with E-state index in [0.29, 0.717) is 43.1 Å². The summed E-state index contributed by atoms with van der Waals surface area (Å²) in [5.74, 6) is -1.52. The van der Waals surface area contributed by atoms with E-state index in [1.165, 1.54) is 12.1 Å². The highest BCUT2D eigenvalue weighted by Gasteiger charge is 2.34. The third-order valence-corrected chi connectivity index (χ3v) is 6.10. The van der Waals surface area contributed by atoms with E-state index in [-0.39, 0.29) is 29.2 Å². The van der Waals surface area contributed by atoms with E-state index in [1.54, 1.807) is 41.3 Å². The van der Waals surface area contributed by atoms with E-state index < -0.39 is 17.8 Å². The minimum Gasteiger partial charge on any atom is -0.354 e. The summed E-state index contributed by atoms with van der Waals surface area (Å²) in [6.07, 6.45) is 1.01. The maximum atomic E-state index is 14.0. The Morgan fingerprint density at radius 1 is 1.03 bits per heavy atom. The molecule has 0 radical (unpaired) electrons. The molecule has 2 aromatic rings. The molecule has 0 aromatic heterocycles. The van der Waals surface area contributed by atoms with Crippen LogP contribution in [0.3, 0.4) is 0 Å². The Hall–Kier alpha value is -2.93. The van der Waals surface area contributed by atoms with Crippen LogP contribution in [0.1, 0.15) is 47.4 Å². The summed E-state index contributed by atoms with van der Waals surface area (Å²) in [7, 11) is 0. The Morgan fingerprint density at radius 3 is 2.24 bits per heavy atom. The van der Waals surface area contributed by atoms with Gasteiger partial charge in [0, 0.05) is 19.6 Å². The van der Waals surface area contributed by atoms with Gasteiger partial charge in [-0.05, 0) is 48.9 Å². The average molecular weight is 474 g/mol. The average Bonchev–Trinajstić information content (AvgIpc) is 2.81. The zero-order valence-electron chi connectivity index (χ0n) is 18.8. The van der Waals surface area contributed by atoms with Gasteiger partial charge in [0.15, 0.2) is 0 Å². The van der Waals surface area contributed by atoms with Crippen molar-refractivity contribution in [1.29, 1.82) is 0 Å². The van der Waals surface area contributed by atoms with Gasteiger partial charge < -0.3 is 15.5 Å². The molecular weight excluding hydrogens is 445 g/mol. The number of hydrogen-bond acceptors (Lipinski definition) is 3. The Bertz CT molecular complexity index is 1010. The van der Waals surface area contributed by atoms with Crippen LogP contribution in [0.4, 0.5) is 4.39 Å². The Morgan fingerprint density at radius 2 is 1.64 bits per heavy atom. The van der Waals surface area contributed by atoms with Crippen molar-refractivity contribution in [3.8, 4) is 0 Å². The first-order valence-electron chi connectivity index (χ1n) is 11.1. The van der Waals surface area contributed by atoms with Gasteiger partial charge in [-0.25, -0.2) is 4.39 Å². The molecule has 3 amide bonds. The van der Waals surface area contributed by atoms with E-state index in [0.717, 1.165) is 0 Å². The van der Waals surface area contributed by atoms with Crippen LogP contribution >= 0.6 is 11.6 Å². The largest absolute Gasteiger partial charge is 0.354 e. The molecule has 1 heterocycles. The second-order valence-electron chi connectivity index (χ2n) is 8.68. The number of piperidine rings is 1. The molecule has 1 saturated heterocycles. The fraction of sp³-hybridized carbons (Fsp3) is 0.400. The van der Waals surface area contributed by atoms with Gasteiger partial charge >= 0.3 is 0 Å². The number of carbonyl (C=O) groups is 3. The first kappa shape index (κ1) is 24.7. The number of hydrogen-bond donors (Lipinski definition) is 2. The number of carbonyl (C=O) groups excluding carboxylic acids is 3. The Labute approximate surface area is 198 Å². The van der Waals surface area contributed by atoms with Gasteiger partial charge in [-0.1, -0.05) is 49.7 Å². The Kier molecular flexibility index (Phi) is 8.44. The van der Waals surface area contributed by atoms with E-state index in [4.69, 9.17) is 11.6 Å². The third-order valence-electron chi connectivity index (χ3n) is 5.77. The molecule has 1 unspecified atom stereocenters. The lowest BCUT2D eigenvalue weighted by Gasteiger charge is -2.36. The number of halogens is 2. The minimum absolute atomic E-state index is 0.0363. The standard InChI is InChI=1S/C25H29ClFN3O3/c1-16(2)15-28-24(32)22(29-23(31)18-7-3-5-9-20(18)26)17-11-13-30(14-12-17)25(33)19-8-4-6-10-21(19)27/h3-10,16-17,22H,11-15H2,1-2H3,(H,28,32)(H,29,31). The third kappa shape index (κ3) is 6.32. The number of amides is 3. The summed E-state index contributed by atoms with van der Waals surface area (Å²) >= 11 is 6.16. The van der Waals surface area contributed by atoms with Crippen LogP contribution in [-0.4, -0.2) is 48.3 Å². The summed E-state index contributed by atoms with van der Waals surface area (Å²) in [5, 5.41) is 6.06. The molecular formula is C25H29ClFN3O3. The fourth-order valence-electron chi connectivity index (χ4n) is 3.92. The van der Waals surface area contributed by atoms with E-state index >= 15 is 0 Å². The SMILES string of the molecule is CC(C)CNC(=O)C(NC(=O)c1ccccc1Cl)C1CCN(C(=O)c2ccccc2F)CC1. The van der Waals surface area contributed by atoms with Gasteiger partial charge in [-0.15, -0.1) is 0 Å². The highest BCUT2D eigenvalue weighted by Crippen LogP contribution is 2.24. The lowest BCUT2D eigenvalue weighted by molar-refractivity contribution is -0.124. The van der Waals surface area contributed by atoms with E-state index in [1.807, 2.05) is 13.8 Å². The molecule has 8 heteroatoms. The van der Waals surface area contributed by atoms with Crippen molar-refractivity contribution in [1.82, 2.24) is 15.5 Å². The normalized spacial score (nSPS) is 15.2. The van der Waals surface area contributed by atoms with Crippen LogP contribution in [0.5, 0.6) is 0 Å². The second-order valence-corrected chi connectivity index (χ2v) is 9.09. The van der Waals surface area contributed by atoms with Crippen molar-refractivity contribution in [3.05, 3.63) is 70.5 Å². The fourth-order valence-corrected chi connectivity index (χ4v) is 4.14. The van der Waals surface area contributed by atoms with Gasteiger partial charge in [0.1, 0.15) is 11.9 Å². The van der Waals surface area contributed by atoms with Crippen LogP contribution in [0.15, 0.2) is 48.5 Å². The second kappa shape index (κ2) is 11.3. The minimum atomic E-state index is -0.766. The van der Waals surface area contributed by atoms with Crippen molar-refractivity contribution in [2.75, 3.05) is 19.6 Å². The molecule has 1 aliphatic rings. The molecule has 6 nitrogen and oxygen atoms in total. The smallest absolute Gasteiger partial charge is 0.256 e. The van der Waals surface area contributed by atoms with Crippen molar-refractivity contribution in [2.45, 2.75) is 32.7 Å². The van der Waals surface area contributed by atoms with Crippen molar-refractivity contribution >= 4 is 29.3 Å². The molecule has 0 aliphatic carbocycles. The lowest BCUT2D eigenvalue weighted by Crippen LogP contribution is -2.54. The summed E-state index contributed by atoms with van der Waals surface area (Å²) in [5.41, 5.74) is 0.335. The number of nitrogens with one attached hydrogen (secondary N) is 2. The summed E-state index contributed by atoms with van der Waals surface area (Å²) in [6.45, 7) is 5.21. The number of benzene rings is 2. The molecule has 0 spiro atoms. The van der Waals surface area contributed by atoms with Gasteiger partial charge in [-0.3, -0.25) is 14.4 Å². The van der Waals surface area contributed by atoms with E-state index in [9.17, 15) is 18.8 Å². The summed E-state index contributed by atoms with van der Waals surface area (Å²) in [4.78, 5) is 40.2. The van der Waals surface area contributed by atoms with Crippen molar-refractivity contribution < 1.29 is 18.8 Å². The highest BCUT2D eigenvalue weighted by molar-refractivity contribution is 6.33. The van der Waals surface area contributed by atoms with Gasteiger partial charge in [0.25, 0.3) is 11.8 Å². The topological polar surface area (TPSA) is 78.5 Å².